The molecular formula is C44H76O14P2. The van der Waals surface area contributed by atoms with Crippen molar-refractivity contribution in [1.82, 2.24) is 0 Å². The van der Waals surface area contributed by atoms with E-state index in [1.807, 2.05) is 18.2 Å². The molecule has 1 fully saturated rings. The van der Waals surface area contributed by atoms with E-state index < -0.39 is 66.2 Å². The highest BCUT2D eigenvalue weighted by molar-refractivity contribution is 7.47. The molecule has 0 bridgehead atoms. The molecule has 1 rings (SSSR count). The van der Waals surface area contributed by atoms with E-state index in [1.165, 1.54) is 44.9 Å². The van der Waals surface area contributed by atoms with Gasteiger partial charge in [0.2, 0.25) is 0 Å². The molecule has 4 N–H and O–H groups in total. The van der Waals surface area contributed by atoms with Gasteiger partial charge in [0.25, 0.3) is 0 Å². The van der Waals surface area contributed by atoms with E-state index in [0.717, 1.165) is 57.3 Å². The summed E-state index contributed by atoms with van der Waals surface area (Å²) in [6.45, 7) is 3.84. The summed E-state index contributed by atoms with van der Waals surface area (Å²) in [5.74, 6) is -0.368. The Morgan fingerprint density at radius 1 is 0.617 bits per heavy atom. The summed E-state index contributed by atoms with van der Waals surface area (Å²) in [6, 6.07) is 0. The summed E-state index contributed by atoms with van der Waals surface area (Å²) in [7, 11) is -9.70. The van der Waals surface area contributed by atoms with Crippen LogP contribution in [0.2, 0.25) is 0 Å². The quantitative estimate of drug-likeness (QED) is 0.0149. The molecule has 1 aliphatic heterocycles. The van der Waals surface area contributed by atoms with E-state index in [4.69, 9.17) is 28.5 Å². The number of aliphatic hydroxyl groups is 1. The fourth-order valence-corrected chi connectivity index (χ4v) is 6.99. The molecule has 0 spiro atoms. The molecule has 14 nitrogen and oxygen atoms in total. The monoisotopic (exact) mass is 890 g/mol. The van der Waals surface area contributed by atoms with Crippen LogP contribution < -0.4 is 0 Å². The maximum absolute atomic E-state index is 12.6. The SMILES string of the molecule is CC/C=C\CC1OC1C/C=C\C/C=C\C/C=C\C/C=C\CCC(=O)O[C@H](COC(=O)CCCCCCCCCCCCC(C)C)COP(=O)(O)OC[C@@H](O)COP(=O)(O)O. The molecule has 16 heteroatoms. The number of carbonyl (C=O) groups excluding carboxylic acids is 2. The first-order chi connectivity index (χ1) is 28.7. The van der Waals surface area contributed by atoms with Crippen LogP contribution in [0.15, 0.2) is 60.8 Å². The van der Waals surface area contributed by atoms with Crippen molar-refractivity contribution < 1.29 is 66.3 Å². The van der Waals surface area contributed by atoms with Gasteiger partial charge in [0.1, 0.15) is 12.7 Å². The number of esters is 2. The Kier molecular flexibility index (Phi) is 32.8. The van der Waals surface area contributed by atoms with Crippen LogP contribution in [0.25, 0.3) is 0 Å². The molecule has 1 aliphatic rings. The number of phosphoric ester groups is 2. The second kappa shape index (κ2) is 35.3. The lowest BCUT2D eigenvalue weighted by Crippen LogP contribution is -2.29. The van der Waals surface area contributed by atoms with Crippen molar-refractivity contribution >= 4 is 27.6 Å². The van der Waals surface area contributed by atoms with Gasteiger partial charge >= 0.3 is 27.6 Å². The third-order valence-electron chi connectivity index (χ3n) is 9.25. The Morgan fingerprint density at radius 2 is 1.12 bits per heavy atom. The summed E-state index contributed by atoms with van der Waals surface area (Å²) in [5, 5.41) is 9.74. The van der Waals surface area contributed by atoms with E-state index in [9.17, 15) is 28.7 Å². The minimum atomic E-state index is -4.87. The van der Waals surface area contributed by atoms with Crippen LogP contribution in [0.5, 0.6) is 0 Å². The molecule has 0 saturated carbocycles. The smallest absolute Gasteiger partial charge is 0.462 e. The summed E-state index contributed by atoms with van der Waals surface area (Å²) < 4.78 is 53.3. The molecule has 0 aromatic heterocycles. The number of hydrogen-bond acceptors (Lipinski definition) is 11. The predicted octanol–water partition coefficient (Wildman–Crippen LogP) is 10.1. The number of phosphoric acid groups is 2. The maximum Gasteiger partial charge on any atom is 0.472 e. The summed E-state index contributed by atoms with van der Waals surface area (Å²) >= 11 is 0. The molecule has 60 heavy (non-hydrogen) atoms. The summed E-state index contributed by atoms with van der Waals surface area (Å²) in [6.07, 6.45) is 37.1. The number of aliphatic hydroxyl groups excluding tert-OH is 1. The fourth-order valence-electron chi connectivity index (χ4n) is 5.83. The first-order valence-electron chi connectivity index (χ1n) is 22.0. The third kappa shape index (κ3) is 36.4. The van der Waals surface area contributed by atoms with Crippen LogP contribution in [0.3, 0.4) is 0 Å². The standard InChI is InChI=1S/C44H76O14P2/c1-4-5-24-30-41-42(58-41)31-26-21-17-13-8-6-7-9-15-19-23-28-33-44(47)57-40(37-56-60(51,52)55-35-39(45)34-54-59(48,49)50)36-53-43(46)32-27-22-18-14-11-10-12-16-20-25-29-38(2)3/h5,7-9,13,19,21,23-24,26,38-42,45H,4,6,10-12,14-18,20,22,25,27-37H2,1-3H3,(H,51,52)(H2,48,49,50)/b9-7-,13-8-,23-19-,24-5-,26-21-/t39-,40+,41?,42?/m0/s1. The molecule has 0 amide bonds. The van der Waals surface area contributed by atoms with E-state index in [0.29, 0.717) is 31.5 Å². The first-order valence-corrected chi connectivity index (χ1v) is 25.0. The van der Waals surface area contributed by atoms with Gasteiger partial charge in [-0.3, -0.25) is 23.2 Å². The highest BCUT2D eigenvalue weighted by Gasteiger charge is 2.36. The Labute approximate surface area is 359 Å². The van der Waals surface area contributed by atoms with Crippen molar-refractivity contribution in [2.24, 2.45) is 5.92 Å². The lowest BCUT2D eigenvalue weighted by atomic mass is 10.0. The van der Waals surface area contributed by atoms with E-state index in [2.05, 4.69) is 72.4 Å². The molecule has 1 heterocycles. The molecule has 3 unspecified atom stereocenters. The summed E-state index contributed by atoms with van der Waals surface area (Å²) in [4.78, 5) is 52.7. The van der Waals surface area contributed by atoms with Crippen molar-refractivity contribution in [1.29, 1.82) is 0 Å². The molecule has 0 aromatic rings. The Morgan fingerprint density at radius 3 is 1.68 bits per heavy atom. The van der Waals surface area contributed by atoms with Gasteiger partial charge in [-0.1, -0.05) is 146 Å². The molecule has 0 radical (unpaired) electrons. The topological polar surface area (TPSA) is 208 Å². The number of allylic oxidation sites excluding steroid dienone is 8. The average Bonchev–Trinajstić information content (AvgIpc) is 3.95. The lowest BCUT2D eigenvalue weighted by molar-refractivity contribution is -0.161. The second-order valence-electron chi connectivity index (χ2n) is 15.5. The van der Waals surface area contributed by atoms with Crippen molar-refractivity contribution in [3.8, 4) is 0 Å². The van der Waals surface area contributed by atoms with Crippen LogP contribution >= 0.6 is 15.6 Å². The van der Waals surface area contributed by atoms with Crippen LogP contribution in [0.4, 0.5) is 0 Å². The van der Waals surface area contributed by atoms with E-state index >= 15 is 0 Å². The van der Waals surface area contributed by atoms with Crippen LogP contribution in [0.1, 0.15) is 149 Å². The zero-order valence-electron chi connectivity index (χ0n) is 36.4. The number of epoxide rings is 1. The van der Waals surface area contributed by atoms with Gasteiger partial charge in [-0.25, -0.2) is 9.13 Å². The van der Waals surface area contributed by atoms with E-state index in [-0.39, 0.29) is 12.8 Å². The van der Waals surface area contributed by atoms with Crippen molar-refractivity contribution in [3.63, 3.8) is 0 Å². The molecule has 5 atom stereocenters. The second-order valence-corrected chi connectivity index (χ2v) is 18.2. The van der Waals surface area contributed by atoms with Crippen LogP contribution in [-0.4, -0.2) is 82.6 Å². The van der Waals surface area contributed by atoms with Gasteiger partial charge in [0.05, 0.1) is 32.0 Å². The molecular weight excluding hydrogens is 814 g/mol. The molecule has 0 aromatic carbocycles. The number of unbranched alkanes of at least 4 members (excludes halogenated alkanes) is 9. The van der Waals surface area contributed by atoms with E-state index in [1.54, 1.807) is 0 Å². The number of ether oxygens (including phenoxy) is 3. The first kappa shape index (κ1) is 55.8. The van der Waals surface area contributed by atoms with Crippen molar-refractivity contribution in [2.75, 3.05) is 26.4 Å². The normalized spacial score (nSPS) is 18.1. The zero-order chi connectivity index (χ0) is 44.3. The fraction of sp³-hybridized carbons (Fsp3) is 0.727. The van der Waals surface area contributed by atoms with Crippen molar-refractivity contribution in [3.05, 3.63) is 60.8 Å². The highest BCUT2D eigenvalue weighted by Crippen LogP contribution is 2.44. The number of hydrogen-bond donors (Lipinski definition) is 4. The molecule has 346 valence electrons. The van der Waals surface area contributed by atoms with Gasteiger partial charge < -0.3 is 34.0 Å². The van der Waals surface area contributed by atoms with Crippen LogP contribution in [-0.2, 0) is 46.5 Å². The minimum Gasteiger partial charge on any atom is -0.462 e. The van der Waals surface area contributed by atoms with Crippen molar-refractivity contribution in [2.45, 2.75) is 174 Å². The minimum absolute atomic E-state index is 0.00152. The lowest BCUT2D eigenvalue weighted by Gasteiger charge is -2.20. The van der Waals surface area contributed by atoms with Crippen LogP contribution in [0, 0.1) is 5.92 Å². The number of carbonyl (C=O) groups is 2. The van der Waals surface area contributed by atoms with Gasteiger partial charge in [-0.2, -0.15) is 0 Å². The third-order valence-corrected chi connectivity index (χ3v) is 10.7. The largest absolute Gasteiger partial charge is 0.472 e. The summed E-state index contributed by atoms with van der Waals surface area (Å²) in [5.41, 5.74) is 0. The number of rotatable bonds is 39. The predicted molar refractivity (Wildman–Crippen MR) is 234 cm³/mol. The average molecular weight is 891 g/mol. The highest BCUT2D eigenvalue weighted by atomic mass is 31.2. The Balaban J connectivity index is 2.40. The van der Waals surface area contributed by atoms with Gasteiger partial charge in [-0.05, 0) is 57.3 Å². The molecule has 1 saturated heterocycles. The maximum atomic E-state index is 12.6. The Hall–Kier alpha value is -2.22. The van der Waals surface area contributed by atoms with Gasteiger partial charge in [-0.15, -0.1) is 0 Å². The Bertz CT molecular complexity index is 1370. The zero-order valence-corrected chi connectivity index (χ0v) is 38.2. The molecule has 0 aliphatic carbocycles. The van der Waals surface area contributed by atoms with Gasteiger partial charge in [0, 0.05) is 12.8 Å². The van der Waals surface area contributed by atoms with Gasteiger partial charge in [0.15, 0.2) is 6.10 Å².